The number of hydrazine groups is 1. The van der Waals surface area contributed by atoms with Crippen LogP contribution in [0.25, 0.3) is 0 Å². The molecule has 1 amide bonds. The lowest BCUT2D eigenvalue weighted by atomic mass is 10.1. The first-order valence-electron chi connectivity index (χ1n) is 10.2. The monoisotopic (exact) mass is 465 g/mol. The number of thiophene rings is 2. The molecular weight excluding hydrogens is 438 g/mol. The predicted molar refractivity (Wildman–Crippen MR) is 127 cm³/mol. The van der Waals surface area contributed by atoms with E-state index in [4.69, 9.17) is 17.0 Å². The van der Waals surface area contributed by atoms with E-state index < -0.39 is 0 Å². The summed E-state index contributed by atoms with van der Waals surface area (Å²) in [5.41, 5.74) is 8.77. The van der Waals surface area contributed by atoms with Crippen molar-refractivity contribution >= 4 is 56.9 Å². The number of esters is 1. The Morgan fingerprint density at radius 1 is 1.17 bits per heavy atom. The smallest absolute Gasteiger partial charge is 0.341 e. The van der Waals surface area contributed by atoms with Gasteiger partial charge in [-0.2, -0.15) is 0 Å². The number of amides is 1. The maximum absolute atomic E-state index is 12.6. The molecule has 1 aliphatic carbocycles. The van der Waals surface area contributed by atoms with Crippen LogP contribution >= 0.6 is 34.9 Å². The van der Waals surface area contributed by atoms with E-state index in [2.05, 4.69) is 16.2 Å². The number of hydrogen-bond donors (Lipinski definition) is 3. The van der Waals surface area contributed by atoms with E-state index in [-0.39, 0.29) is 17.0 Å². The van der Waals surface area contributed by atoms with E-state index in [0.717, 1.165) is 48.1 Å². The molecule has 0 fully saturated rings. The Hall–Kier alpha value is -1.97. The summed E-state index contributed by atoms with van der Waals surface area (Å²) >= 11 is 8.48. The Bertz CT molecular complexity index is 949. The van der Waals surface area contributed by atoms with E-state index in [0.29, 0.717) is 22.7 Å². The van der Waals surface area contributed by atoms with Crippen LogP contribution in [0.5, 0.6) is 0 Å². The SMILES string of the molecule is CCOC(=O)c1c(NC(=S)NNC(=O)c2csc(C)c2CC)sc2c1CCCCC2. The molecule has 0 bridgehead atoms. The van der Waals surface area contributed by atoms with E-state index >= 15 is 0 Å². The van der Waals surface area contributed by atoms with E-state index in [1.54, 1.807) is 29.6 Å². The lowest BCUT2D eigenvalue weighted by molar-refractivity contribution is 0.0526. The van der Waals surface area contributed by atoms with Crippen molar-refractivity contribution in [3.63, 3.8) is 0 Å². The lowest BCUT2D eigenvalue weighted by Gasteiger charge is -2.12. The molecule has 3 N–H and O–H groups in total. The first-order valence-corrected chi connectivity index (χ1v) is 12.3. The molecule has 2 aromatic heterocycles. The minimum atomic E-state index is -0.326. The number of carbonyl (C=O) groups is 2. The summed E-state index contributed by atoms with van der Waals surface area (Å²) in [5, 5.41) is 5.86. The van der Waals surface area contributed by atoms with Crippen LogP contribution in [0.3, 0.4) is 0 Å². The van der Waals surface area contributed by atoms with Crippen LogP contribution in [0.15, 0.2) is 5.38 Å². The molecule has 3 rings (SSSR count). The largest absolute Gasteiger partial charge is 0.462 e. The quantitative estimate of drug-likeness (QED) is 0.256. The molecule has 0 radical (unpaired) electrons. The number of hydrogen-bond acceptors (Lipinski definition) is 6. The summed E-state index contributed by atoms with van der Waals surface area (Å²) in [7, 11) is 0. The molecular formula is C21H27N3O3S3. The molecule has 6 nitrogen and oxygen atoms in total. The van der Waals surface area contributed by atoms with Gasteiger partial charge in [-0.05, 0) is 69.3 Å². The molecule has 0 saturated heterocycles. The van der Waals surface area contributed by atoms with E-state index in [1.807, 2.05) is 19.2 Å². The molecule has 30 heavy (non-hydrogen) atoms. The highest BCUT2D eigenvalue weighted by Crippen LogP contribution is 2.38. The van der Waals surface area contributed by atoms with Gasteiger partial charge in [-0.15, -0.1) is 22.7 Å². The Morgan fingerprint density at radius 2 is 1.93 bits per heavy atom. The third kappa shape index (κ3) is 5.01. The average molecular weight is 466 g/mol. The van der Waals surface area contributed by atoms with Crippen molar-refractivity contribution in [3.8, 4) is 0 Å². The van der Waals surface area contributed by atoms with E-state index in [9.17, 15) is 9.59 Å². The Morgan fingerprint density at radius 3 is 2.67 bits per heavy atom. The van der Waals surface area contributed by atoms with Gasteiger partial charge in [0.1, 0.15) is 5.00 Å². The molecule has 2 aromatic rings. The maximum Gasteiger partial charge on any atom is 0.341 e. The lowest BCUT2D eigenvalue weighted by Crippen LogP contribution is -2.44. The molecule has 1 aliphatic rings. The van der Waals surface area contributed by atoms with Crippen molar-refractivity contribution in [1.29, 1.82) is 0 Å². The maximum atomic E-state index is 12.6. The first-order chi connectivity index (χ1) is 14.5. The highest BCUT2D eigenvalue weighted by molar-refractivity contribution is 7.80. The molecule has 0 spiro atoms. The Balaban J connectivity index is 1.71. The molecule has 0 unspecified atom stereocenters. The van der Waals surface area contributed by atoms with Crippen LogP contribution in [0.2, 0.25) is 0 Å². The number of aryl methyl sites for hydroxylation is 2. The molecule has 162 valence electrons. The standard InChI is InChI=1S/C21H27N3O3S3/c1-4-13-12(3)29-11-15(13)18(25)23-24-21(28)22-19-17(20(26)27-5-2)14-9-7-6-8-10-16(14)30-19/h11H,4-10H2,1-3H3,(H,23,25)(H2,22,24,28). The number of anilines is 1. The first kappa shape index (κ1) is 22.7. The van der Waals surface area contributed by atoms with Crippen molar-refractivity contribution in [2.45, 2.75) is 59.3 Å². The summed E-state index contributed by atoms with van der Waals surface area (Å²) in [6.45, 7) is 6.16. The van der Waals surface area contributed by atoms with Gasteiger partial charge in [-0.1, -0.05) is 13.3 Å². The fraction of sp³-hybridized carbons (Fsp3) is 0.476. The third-order valence-corrected chi connectivity index (χ3v) is 7.48. The fourth-order valence-corrected chi connectivity index (χ4v) is 6.11. The Labute approximate surface area is 190 Å². The van der Waals surface area contributed by atoms with Crippen molar-refractivity contribution in [2.75, 3.05) is 11.9 Å². The summed E-state index contributed by atoms with van der Waals surface area (Å²) in [6, 6.07) is 0. The fourth-order valence-electron chi connectivity index (χ4n) is 3.67. The summed E-state index contributed by atoms with van der Waals surface area (Å²) < 4.78 is 5.29. The van der Waals surface area contributed by atoms with Crippen molar-refractivity contribution in [1.82, 2.24) is 10.9 Å². The Kier molecular flexibility index (Phi) is 7.85. The minimum Gasteiger partial charge on any atom is -0.462 e. The van der Waals surface area contributed by atoms with Crippen molar-refractivity contribution in [2.24, 2.45) is 0 Å². The van der Waals surface area contributed by atoms with Crippen LogP contribution in [0.4, 0.5) is 5.00 Å². The van der Waals surface area contributed by atoms with Gasteiger partial charge in [0.15, 0.2) is 5.11 Å². The predicted octanol–water partition coefficient (Wildman–Crippen LogP) is 4.76. The second-order valence-electron chi connectivity index (χ2n) is 7.06. The van der Waals surface area contributed by atoms with Gasteiger partial charge in [-0.25, -0.2) is 4.79 Å². The van der Waals surface area contributed by atoms with Gasteiger partial charge in [-0.3, -0.25) is 15.6 Å². The van der Waals surface area contributed by atoms with Gasteiger partial charge in [0.05, 0.1) is 17.7 Å². The molecule has 0 aliphatic heterocycles. The average Bonchev–Trinajstić information content (AvgIpc) is 3.17. The number of carbonyl (C=O) groups excluding carboxylic acids is 2. The molecule has 0 atom stereocenters. The van der Waals surface area contributed by atoms with Crippen LogP contribution < -0.4 is 16.2 Å². The second-order valence-corrected chi connectivity index (χ2v) is 9.66. The normalized spacial score (nSPS) is 13.2. The van der Waals surface area contributed by atoms with Gasteiger partial charge >= 0.3 is 5.97 Å². The van der Waals surface area contributed by atoms with Crippen molar-refractivity contribution < 1.29 is 14.3 Å². The number of rotatable bonds is 5. The molecule has 9 heteroatoms. The molecule has 0 aromatic carbocycles. The molecule has 0 saturated carbocycles. The summed E-state index contributed by atoms with van der Waals surface area (Å²) in [4.78, 5) is 27.5. The third-order valence-electron chi connectivity index (χ3n) is 5.12. The minimum absolute atomic E-state index is 0.229. The van der Waals surface area contributed by atoms with Crippen LogP contribution in [0, 0.1) is 6.92 Å². The molecule has 2 heterocycles. The zero-order valence-corrected chi connectivity index (χ0v) is 19.9. The highest BCUT2D eigenvalue weighted by atomic mass is 32.1. The summed E-state index contributed by atoms with van der Waals surface area (Å²) in [5.74, 6) is -0.555. The van der Waals surface area contributed by atoms with Crippen LogP contribution in [0.1, 0.15) is 74.7 Å². The zero-order valence-electron chi connectivity index (χ0n) is 17.5. The van der Waals surface area contributed by atoms with Crippen LogP contribution in [-0.4, -0.2) is 23.6 Å². The topological polar surface area (TPSA) is 79.5 Å². The highest BCUT2D eigenvalue weighted by Gasteiger charge is 2.26. The second kappa shape index (κ2) is 10.4. The zero-order chi connectivity index (χ0) is 21.7. The van der Waals surface area contributed by atoms with E-state index in [1.165, 1.54) is 11.3 Å². The number of fused-ring (bicyclic) bond motifs is 1. The number of nitrogens with one attached hydrogen (secondary N) is 3. The number of ether oxygens (including phenoxy) is 1. The van der Waals surface area contributed by atoms with Gasteiger partial charge in [0.25, 0.3) is 5.91 Å². The van der Waals surface area contributed by atoms with Crippen molar-refractivity contribution in [3.05, 3.63) is 37.4 Å². The van der Waals surface area contributed by atoms with Gasteiger partial charge < -0.3 is 10.1 Å². The van der Waals surface area contributed by atoms with Gasteiger partial charge in [0.2, 0.25) is 0 Å². The van der Waals surface area contributed by atoms with Crippen LogP contribution in [-0.2, 0) is 24.0 Å². The number of thiocarbonyl (C=S) groups is 1. The van der Waals surface area contributed by atoms with Gasteiger partial charge in [0, 0.05) is 15.1 Å². The summed E-state index contributed by atoms with van der Waals surface area (Å²) in [6.07, 6.45) is 5.98.